The van der Waals surface area contributed by atoms with Gasteiger partial charge in [0.1, 0.15) is 0 Å². The zero-order valence-corrected chi connectivity index (χ0v) is 8.91. The van der Waals surface area contributed by atoms with Gasteiger partial charge >= 0.3 is 0 Å². The molecule has 0 spiro atoms. The third-order valence-electron chi connectivity index (χ3n) is 3.43. The first-order chi connectivity index (χ1) is 6.90. The summed E-state index contributed by atoms with van der Waals surface area (Å²) in [4.78, 5) is 2.66. The largest absolute Gasteiger partial charge is 0.395 e. The summed E-state index contributed by atoms with van der Waals surface area (Å²) in [6.07, 6.45) is 5.56. The van der Waals surface area contributed by atoms with Gasteiger partial charge in [-0.15, -0.1) is 0 Å². The number of nitrogens with zero attached hydrogens (tertiary/aromatic N) is 1. The van der Waals surface area contributed by atoms with E-state index in [1.54, 1.807) is 0 Å². The zero-order chi connectivity index (χ0) is 9.80. The Morgan fingerprint density at radius 1 is 1.14 bits per heavy atom. The number of piperidine rings is 1. The van der Waals surface area contributed by atoms with Crippen molar-refractivity contribution in [2.24, 2.45) is 5.92 Å². The van der Waals surface area contributed by atoms with Crippen molar-refractivity contribution < 1.29 is 5.11 Å². The van der Waals surface area contributed by atoms with Gasteiger partial charge in [-0.2, -0.15) is 0 Å². The SMILES string of the molecule is OCCNCC1CCN(C2CC2)CC1. The average molecular weight is 198 g/mol. The van der Waals surface area contributed by atoms with Gasteiger partial charge in [0.15, 0.2) is 0 Å². The summed E-state index contributed by atoms with van der Waals surface area (Å²) in [6.45, 7) is 4.72. The lowest BCUT2D eigenvalue weighted by Crippen LogP contribution is -2.38. The number of rotatable bonds is 5. The molecule has 0 aromatic rings. The molecule has 3 heteroatoms. The number of aliphatic hydroxyl groups excluding tert-OH is 1. The number of aliphatic hydroxyl groups is 1. The molecule has 0 aromatic carbocycles. The fourth-order valence-electron chi connectivity index (χ4n) is 2.35. The number of likely N-dealkylation sites (tertiary alicyclic amines) is 1. The normalized spacial score (nSPS) is 25.5. The highest BCUT2D eigenvalue weighted by Crippen LogP contribution is 2.30. The van der Waals surface area contributed by atoms with Crippen LogP contribution in [-0.2, 0) is 0 Å². The van der Waals surface area contributed by atoms with Crippen molar-refractivity contribution in [2.75, 3.05) is 32.8 Å². The summed E-state index contributed by atoms with van der Waals surface area (Å²) in [7, 11) is 0. The predicted octanol–water partition coefficient (Wildman–Crippen LogP) is 0.443. The molecule has 3 nitrogen and oxygen atoms in total. The van der Waals surface area contributed by atoms with E-state index in [9.17, 15) is 0 Å². The van der Waals surface area contributed by atoms with E-state index < -0.39 is 0 Å². The Balaban J connectivity index is 1.58. The van der Waals surface area contributed by atoms with Crippen LogP contribution in [0.1, 0.15) is 25.7 Å². The molecule has 1 heterocycles. The van der Waals surface area contributed by atoms with E-state index in [0.717, 1.165) is 25.0 Å². The highest BCUT2D eigenvalue weighted by molar-refractivity contribution is 4.87. The van der Waals surface area contributed by atoms with Crippen molar-refractivity contribution in [3.63, 3.8) is 0 Å². The standard InChI is InChI=1S/C11H22N2O/c14-8-5-12-9-10-3-6-13(7-4-10)11-1-2-11/h10-12,14H,1-9H2. The van der Waals surface area contributed by atoms with Crippen LogP contribution in [0.15, 0.2) is 0 Å². The molecule has 14 heavy (non-hydrogen) atoms. The van der Waals surface area contributed by atoms with E-state index in [2.05, 4.69) is 10.2 Å². The second-order valence-corrected chi connectivity index (χ2v) is 4.64. The Kier molecular flexibility index (Phi) is 3.79. The van der Waals surface area contributed by atoms with Crippen molar-refractivity contribution in [3.05, 3.63) is 0 Å². The molecule has 1 aliphatic heterocycles. The van der Waals surface area contributed by atoms with E-state index in [-0.39, 0.29) is 6.61 Å². The van der Waals surface area contributed by atoms with Gasteiger partial charge < -0.3 is 15.3 Å². The molecule has 0 unspecified atom stereocenters. The third kappa shape index (κ3) is 2.94. The smallest absolute Gasteiger partial charge is 0.0555 e. The maximum absolute atomic E-state index is 8.65. The number of hydrogen-bond acceptors (Lipinski definition) is 3. The van der Waals surface area contributed by atoms with Crippen LogP contribution in [0.2, 0.25) is 0 Å². The molecule has 82 valence electrons. The summed E-state index contributed by atoms with van der Waals surface area (Å²) in [5.41, 5.74) is 0. The van der Waals surface area contributed by atoms with Gasteiger partial charge in [-0.25, -0.2) is 0 Å². The van der Waals surface area contributed by atoms with Gasteiger partial charge in [0, 0.05) is 12.6 Å². The molecule has 2 N–H and O–H groups in total. The van der Waals surface area contributed by atoms with Crippen molar-refractivity contribution in [2.45, 2.75) is 31.7 Å². The molecule has 1 saturated carbocycles. The summed E-state index contributed by atoms with van der Waals surface area (Å²) in [5, 5.41) is 11.9. The fraction of sp³-hybridized carbons (Fsp3) is 1.00. The van der Waals surface area contributed by atoms with Crippen LogP contribution in [-0.4, -0.2) is 48.8 Å². The minimum Gasteiger partial charge on any atom is -0.395 e. The molecular weight excluding hydrogens is 176 g/mol. The Morgan fingerprint density at radius 3 is 2.43 bits per heavy atom. The minimum atomic E-state index is 0.265. The quantitative estimate of drug-likeness (QED) is 0.629. The first-order valence-corrected chi connectivity index (χ1v) is 5.96. The number of nitrogens with one attached hydrogen (secondary N) is 1. The second kappa shape index (κ2) is 5.10. The highest BCUT2D eigenvalue weighted by atomic mass is 16.3. The van der Waals surface area contributed by atoms with Gasteiger partial charge in [0.25, 0.3) is 0 Å². The number of hydrogen-bond donors (Lipinski definition) is 2. The summed E-state index contributed by atoms with van der Waals surface area (Å²) >= 11 is 0. The second-order valence-electron chi connectivity index (χ2n) is 4.64. The van der Waals surface area contributed by atoms with Crippen molar-refractivity contribution in [1.29, 1.82) is 0 Å². The molecule has 0 radical (unpaired) electrons. The van der Waals surface area contributed by atoms with E-state index in [1.807, 2.05) is 0 Å². The minimum absolute atomic E-state index is 0.265. The monoisotopic (exact) mass is 198 g/mol. The lowest BCUT2D eigenvalue weighted by Gasteiger charge is -2.32. The first-order valence-electron chi connectivity index (χ1n) is 5.96. The summed E-state index contributed by atoms with van der Waals surface area (Å²) in [5.74, 6) is 0.844. The maximum atomic E-state index is 8.65. The van der Waals surface area contributed by atoms with Crippen LogP contribution in [0, 0.1) is 5.92 Å². The van der Waals surface area contributed by atoms with Crippen molar-refractivity contribution in [3.8, 4) is 0 Å². The van der Waals surface area contributed by atoms with E-state index >= 15 is 0 Å². The van der Waals surface area contributed by atoms with E-state index in [1.165, 1.54) is 38.8 Å². The van der Waals surface area contributed by atoms with Gasteiger partial charge in [0.05, 0.1) is 6.61 Å². The molecule has 0 aromatic heterocycles. The highest BCUT2D eigenvalue weighted by Gasteiger charge is 2.31. The van der Waals surface area contributed by atoms with Crippen molar-refractivity contribution >= 4 is 0 Å². The molecular formula is C11H22N2O. The molecule has 1 saturated heterocycles. The Bertz CT molecular complexity index is 163. The molecule has 2 aliphatic rings. The lowest BCUT2D eigenvalue weighted by molar-refractivity contribution is 0.173. The summed E-state index contributed by atoms with van der Waals surface area (Å²) < 4.78 is 0. The molecule has 0 amide bonds. The summed E-state index contributed by atoms with van der Waals surface area (Å²) in [6, 6.07) is 0.946. The molecule has 0 bridgehead atoms. The van der Waals surface area contributed by atoms with Gasteiger partial charge in [-0.1, -0.05) is 0 Å². The molecule has 0 atom stereocenters. The Morgan fingerprint density at radius 2 is 1.86 bits per heavy atom. The first kappa shape index (κ1) is 10.4. The molecule has 2 rings (SSSR count). The maximum Gasteiger partial charge on any atom is 0.0555 e. The Hall–Kier alpha value is -0.120. The van der Waals surface area contributed by atoms with Gasteiger partial charge in [-0.05, 0) is 51.2 Å². The topological polar surface area (TPSA) is 35.5 Å². The van der Waals surface area contributed by atoms with Crippen LogP contribution in [0.5, 0.6) is 0 Å². The van der Waals surface area contributed by atoms with Crippen LogP contribution >= 0.6 is 0 Å². The average Bonchev–Trinajstić information content (AvgIpc) is 3.03. The van der Waals surface area contributed by atoms with Crippen LogP contribution in [0.3, 0.4) is 0 Å². The molecule has 1 aliphatic carbocycles. The fourth-order valence-corrected chi connectivity index (χ4v) is 2.35. The van der Waals surface area contributed by atoms with Crippen LogP contribution < -0.4 is 5.32 Å². The predicted molar refractivity (Wildman–Crippen MR) is 57.3 cm³/mol. The van der Waals surface area contributed by atoms with E-state index in [4.69, 9.17) is 5.11 Å². The van der Waals surface area contributed by atoms with Crippen molar-refractivity contribution in [1.82, 2.24) is 10.2 Å². The van der Waals surface area contributed by atoms with Gasteiger partial charge in [-0.3, -0.25) is 0 Å². The van der Waals surface area contributed by atoms with Crippen LogP contribution in [0.4, 0.5) is 0 Å². The Labute approximate surface area is 86.5 Å². The zero-order valence-electron chi connectivity index (χ0n) is 8.91. The van der Waals surface area contributed by atoms with Crippen LogP contribution in [0.25, 0.3) is 0 Å². The van der Waals surface area contributed by atoms with E-state index in [0.29, 0.717) is 0 Å². The lowest BCUT2D eigenvalue weighted by atomic mass is 9.97. The molecule has 2 fully saturated rings. The van der Waals surface area contributed by atoms with Gasteiger partial charge in [0.2, 0.25) is 0 Å². The third-order valence-corrected chi connectivity index (χ3v) is 3.43.